The minimum atomic E-state index is -0.527. The molecule has 64 heavy (non-hydrogen) atoms. The lowest BCUT2D eigenvalue weighted by atomic mass is 9.66. The molecule has 300 valence electrons. The number of hydrogen-bond acceptors (Lipinski definition) is 1. The minimum Gasteiger partial charge on any atom is -0.310 e. The predicted octanol–water partition coefficient (Wildman–Crippen LogP) is 16.8. The summed E-state index contributed by atoms with van der Waals surface area (Å²) in [6, 6.07) is 95.7. The molecule has 0 N–H and O–H groups in total. The van der Waals surface area contributed by atoms with E-state index in [0.717, 1.165) is 17.1 Å². The third-order valence-electron chi connectivity index (χ3n) is 13.3. The molecule has 0 spiro atoms. The van der Waals surface area contributed by atoms with E-state index >= 15 is 0 Å². The van der Waals surface area contributed by atoms with E-state index in [4.69, 9.17) is 0 Å². The van der Waals surface area contributed by atoms with Gasteiger partial charge in [0.25, 0.3) is 0 Å². The summed E-state index contributed by atoms with van der Waals surface area (Å²) in [5, 5.41) is 5.01. The van der Waals surface area contributed by atoms with Gasteiger partial charge in [-0.1, -0.05) is 224 Å². The van der Waals surface area contributed by atoms with E-state index in [1.165, 1.54) is 88.3 Å². The van der Waals surface area contributed by atoms with E-state index in [-0.39, 0.29) is 0 Å². The summed E-state index contributed by atoms with van der Waals surface area (Å²) in [6.07, 6.45) is 0. The fourth-order valence-corrected chi connectivity index (χ4v) is 10.5. The van der Waals surface area contributed by atoms with Crippen LogP contribution in [0.5, 0.6) is 0 Å². The summed E-state index contributed by atoms with van der Waals surface area (Å²) in [7, 11) is 0. The Balaban J connectivity index is 1.06. The van der Waals surface area contributed by atoms with Crippen molar-refractivity contribution in [3.63, 3.8) is 0 Å². The standard InChI is InChI=1S/C63H43N/c1-5-17-44(18-6-1)46-29-31-47(32-30-46)49-35-39-53(40-36-49)64(52-37-33-48(34-38-52)45-19-7-2-8-20-45)54-41-42-57-59(43-54)55-25-13-14-26-56(55)61-58-27-15-16-28-60(58)63(62(57)61,50-21-9-3-10-22-50)51-23-11-4-12-24-51/h1-43H. The lowest BCUT2D eigenvalue weighted by Gasteiger charge is -2.35. The van der Waals surface area contributed by atoms with Crippen molar-refractivity contribution in [1.82, 2.24) is 0 Å². The molecule has 1 aliphatic rings. The molecule has 11 aromatic rings. The molecular weight excluding hydrogens is 771 g/mol. The van der Waals surface area contributed by atoms with E-state index in [1.54, 1.807) is 0 Å². The maximum atomic E-state index is 2.43. The Morgan fingerprint density at radius 3 is 1.17 bits per heavy atom. The van der Waals surface area contributed by atoms with Crippen LogP contribution in [-0.2, 0) is 5.41 Å². The third kappa shape index (κ3) is 6.08. The van der Waals surface area contributed by atoms with Crippen molar-refractivity contribution in [1.29, 1.82) is 0 Å². The fourth-order valence-electron chi connectivity index (χ4n) is 10.5. The van der Waals surface area contributed by atoms with Gasteiger partial charge in [0.05, 0.1) is 5.41 Å². The topological polar surface area (TPSA) is 3.24 Å². The van der Waals surface area contributed by atoms with E-state index in [0.29, 0.717) is 0 Å². The van der Waals surface area contributed by atoms with Crippen LogP contribution in [-0.4, -0.2) is 0 Å². The van der Waals surface area contributed by atoms with Crippen LogP contribution in [0.3, 0.4) is 0 Å². The van der Waals surface area contributed by atoms with Crippen molar-refractivity contribution in [3.8, 4) is 44.5 Å². The molecule has 12 rings (SSSR count). The average molecular weight is 814 g/mol. The van der Waals surface area contributed by atoms with Crippen molar-refractivity contribution in [2.75, 3.05) is 4.90 Å². The molecule has 1 nitrogen and oxygen atoms in total. The molecule has 1 aliphatic carbocycles. The Bertz CT molecular complexity index is 3390. The molecule has 0 aliphatic heterocycles. The zero-order chi connectivity index (χ0) is 42.5. The molecule has 0 aromatic heterocycles. The number of benzene rings is 11. The van der Waals surface area contributed by atoms with E-state index in [9.17, 15) is 0 Å². The first-order valence-electron chi connectivity index (χ1n) is 22.2. The summed E-state index contributed by atoms with van der Waals surface area (Å²) >= 11 is 0. The van der Waals surface area contributed by atoms with Gasteiger partial charge in [0.15, 0.2) is 0 Å². The molecule has 0 bridgehead atoms. The maximum absolute atomic E-state index is 2.43. The highest BCUT2D eigenvalue weighted by atomic mass is 15.1. The van der Waals surface area contributed by atoms with E-state index < -0.39 is 5.41 Å². The van der Waals surface area contributed by atoms with Crippen LogP contribution in [0.4, 0.5) is 17.1 Å². The third-order valence-corrected chi connectivity index (χ3v) is 13.3. The first kappa shape index (κ1) is 37.5. The number of nitrogens with zero attached hydrogens (tertiary/aromatic N) is 1. The van der Waals surface area contributed by atoms with Gasteiger partial charge in [0.1, 0.15) is 0 Å². The number of anilines is 3. The summed E-state index contributed by atoms with van der Waals surface area (Å²) in [5.41, 5.74) is 17.8. The first-order chi connectivity index (χ1) is 31.8. The maximum Gasteiger partial charge on any atom is 0.0719 e. The molecule has 0 unspecified atom stereocenters. The summed E-state index contributed by atoms with van der Waals surface area (Å²) < 4.78 is 0. The van der Waals surface area contributed by atoms with Gasteiger partial charge in [-0.25, -0.2) is 0 Å². The largest absolute Gasteiger partial charge is 0.310 e. The molecule has 0 radical (unpaired) electrons. The second-order valence-electron chi connectivity index (χ2n) is 16.8. The normalized spacial score (nSPS) is 12.5. The van der Waals surface area contributed by atoms with Crippen LogP contribution in [0.25, 0.3) is 66.1 Å². The van der Waals surface area contributed by atoms with Crippen LogP contribution < -0.4 is 4.90 Å². The van der Waals surface area contributed by atoms with Gasteiger partial charge in [0.2, 0.25) is 0 Å². The fraction of sp³-hybridized carbons (Fsp3) is 0.0159. The Morgan fingerprint density at radius 1 is 0.266 bits per heavy atom. The highest BCUT2D eigenvalue weighted by molar-refractivity contribution is 6.20. The molecule has 0 saturated heterocycles. The highest BCUT2D eigenvalue weighted by Crippen LogP contribution is 2.60. The second kappa shape index (κ2) is 15.6. The SMILES string of the molecule is c1ccc(-c2ccc(-c3ccc(N(c4ccc(-c5ccccc5)cc4)c4ccc5c6c(c7ccccc7c5c4)-c4ccccc4C6(c4ccccc4)c4ccccc4)cc3)cc2)cc1. The monoisotopic (exact) mass is 813 g/mol. The molecule has 11 aromatic carbocycles. The van der Waals surface area contributed by atoms with Crippen LogP contribution in [0.1, 0.15) is 22.3 Å². The van der Waals surface area contributed by atoms with Crippen LogP contribution in [0.2, 0.25) is 0 Å². The second-order valence-corrected chi connectivity index (χ2v) is 16.8. The quantitative estimate of drug-likeness (QED) is 0.138. The van der Waals surface area contributed by atoms with Gasteiger partial charge in [-0.05, 0) is 125 Å². The molecule has 0 atom stereocenters. The van der Waals surface area contributed by atoms with Crippen molar-refractivity contribution in [2.24, 2.45) is 0 Å². The average Bonchev–Trinajstić information content (AvgIpc) is 3.70. The van der Waals surface area contributed by atoms with Gasteiger partial charge in [-0.2, -0.15) is 0 Å². The van der Waals surface area contributed by atoms with E-state index in [1.807, 2.05) is 0 Å². The Morgan fingerprint density at radius 2 is 0.656 bits per heavy atom. The van der Waals surface area contributed by atoms with Gasteiger partial charge < -0.3 is 4.90 Å². The van der Waals surface area contributed by atoms with Gasteiger partial charge in [0, 0.05) is 17.1 Å². The highest BCUT2D eigenvalue weighted by Gasteiger charge is 2.47. The first-order valence-corrected chi connectivity index (χ1v) is 22.2. The van der Waals surface area contributed by atoms with Gasteiger partial charge in [-0.3, -0.25) is 0 Å². The summed E-state index contributed by atoms with van der Waals surface area (Å²) in [4.78, 5) is 2.41. The molecule has 0 amide bonds. The molecule has 0 saturated carbocycles. The minimum absolute atomic E-state index is 0.527. The summed E-state index contributed by atoms with van der Waals surface area (Å²) in [5.74, 6) is 0. The van der Waals surface area contributed by atoms with Crippen LogP contribution in [0, 0.1) is 0 Å². The number of hydrogen-bond donors (Lipinski definition) is 0. The van der Waals surface area contributed by atoms with Crippen molar-refractivity contribution >= 4 is 38.6 Å². The molecule has 0 fully saturated rings. The van der Waals surface area contributed by atoms with Crippen LogP contribution >= 0.6 is 0 Å². The smallest absolute Gasteiger partial charge is 0.0719 e. The molecule has 0 heterocycles. The number of fused-ring (bicyclic) bond motifs is 8. The van der Waals surface area contributed by atoms with Crippen molar-refractivity contribution < 1.29 is 0 Å². The zero-order valence-corrected chi connectivity index (χ0v) is 35.3. The lowest BCUT2D eigenvalue weighted by molar-refractivity contribution is 0.776. The number of rotatable bonds is 8. The lowest BCUT2D eigenvalue weighted by Crippen LogP contribution is -2.28. The Labute approximate surface area is 374 Å². The predicted molar refractivity (Wildman–Crippen MR) is 270 cm³/mol. The van der Waals surface area contributed by atoms with Crippen molar-refractivity contribution in [2.45, 2.75) is 5.41 Å². The van der Waals surface area contributed by atoms with Crippen LogP contribution in [0.15, 0.2) is 261 Å². The zero-order valence-electron chi connectivity index (χ0n) is 35.3. The Hall–Kier alpha value is -8.26. The summed E-state index contributed by atoms with van der Waals surface area (Å²) in [6.45, 7) is 0. The van der Waals surface area contributed by atoms with Gasteiger partial charge >= 0.3 is 0 Å². The van der Waals surface area contributed by atoms with Gasteiger partial charge in [-0.15, -0.1) is 0 Å². The van der Waals surface area contributed by atoms with Crippen molar-refractivity contribution in [3.05, 3.63) is 283 Å². The molecule has 1 heteroatoms. The molecular formula is C63H43N. The van der Waals surface area contributed by atoms with E-state index in [2.05, 4.69) is 266 Å². The Kier molecular flexibility index (Phi) is 9.13.